The molecule has 0 aliphatic carbocycles. The van der Waals surface area contributed by atoms with Crippen molar-refractivity contribution < 1.29 is 9.84 Å². The molecule has 108 valence electrons. The van der Waals surface area contributed by atoms with E-state index in [9.17, 15) is 5.11 Å². The minimum absolute atomic E-state index is 0.508. The lowest BCUT2D eigenvalue weighted by Gasteiger charge is -2.14. The summed E-state index contributed by atoms with van der Waals surface area (Å²) in [6, 6.07) is 5.72. The third-order valence-electron chi connectivity index (χ3n) is 3.23. The summed E-state index contributed by atoms with van der Waals surface area (Å²) in [5, 5.41) is 14.6. The molecule has 0 aliphatic rings. The highest BCUT2D eigenvalue weighted by Gasteiger charge is 2.11. The van der Waals surface area contributed by atoms with Gasteiger partial charge in [0, 0.05) is 5.56 Å². The zero-order valence-electron chi connectivity index (χ0n) is 11.9. The molecule has 0 fully saturated rings. The molecular formula is C15H19ClN2O2. The molecule has 1 unspecified atom stereocenters. The Bertz CT molecular complexity index is 594. The predicted octanol–water partition coefficient (Wildman–Crippen LogP) is 3.35. The maximum atomic E-state index is 9.71. The van der Waals surface area contributed by atoms with E-state index in [-0.39, 0.29) is 0 Å². The van der Waals surface area contributed by atoms with Crippen LogP contribution in [0.4, 0.5) is 0 Å². The van der Waals surface area contributed by atoms with Crippen LogP contribution < -0.4 is 4.74 Å². The van der Waals surface area contributed by atoms with Crippen molar-refractivity contribution >= 4 is 11.6 Å². The Balaban J connectivity index is 2.36. The molecule has 1 aromatic heterocycles. The van der Waals surface area contributed by atoms with E-state index in [1.54, 1.807) is 13.1 Å². The molecule has 2 rings (SSSR count). The largest absolute Gasteiger partial charge is 0.494 e. The summed E-state index contributed by atoms with van der Waals surface area (Å²) < 4.78 is 7.46. The molecule has 1 atom stereocenters. The van der Waals surface area contributed by atoms with Crippen molar-refractivity contribution in [2.24, 2.45) is 0 Å². The Morgan fingerprint density at radius 2 is 2.20 bits per heavy atom. The lowest BCUT2D eigenvalue weighted by molar-refractivity contribution is 0.199. The summed E-state index contributed by atoms with van der Waals surface area (Å²) in [7, 11) is 0. The number of ether oxygens (including phenoxy) is 1. The quantitative estimate of drug-likeness (QED) is 0.920. The summed E-state index contributed by atoms with van der Waals surface area (Å²) in [4.78, 5) is 0. The summed E-state index contributed by atoms with van der Waals surface area (Å²) in [5.41, 5.74) is 2.75. The molecule has 0 radical (unpaired) electrons. The number of hydrogen-bond donors (Lipinski definition) is 1. The van der Waals surface area contributed by atoms with Crippen LogP contribution in [0.15, 0.2) is 24.4 Å². The first-order chi connectivity index (χ1) is 9.52. The van der Waals surface area contributed by atoms with Crippen LogP contribution in [0.3, 0.4) is 0 Å². The number of halogens is 1. The number of benzene rings is 1. The summed E-state index contributed by atoms with van der Waals surface area (Å²) in [5.74, 6) is 0.808. The molecule has 1 aromatic carbocycles. The predicted molar refractivity (Wildman–Crippen MR) is 79.3 cm³/mol. The lowest BCUT2D eigenvalue weighted by Crippen LogP contribution is -2.07. The molecule has 4 nitrogen and oxygen atoms in total. The highest BCUT2D eigenvalue weighted by molar-refractivity contribution is 6.31. The number of aliphatic hydroxyl groups is 1. The van der Waals surface area contributed by atoms with Crippen LogP contribution >= 0.6 is 11.6 Å². The van der Waals surface area contributed by atoms with Crippen LogP contribution in [-0.4, -0.2) is 21.5 Å². The van der Waals surface area contributed by atoms with Gasteiger partial charge >= 0.3 is 0 Å². The first-order valence-electron chi connectivity index (χ1n) is 6.64. The van der Waals surface area contributed by atoms with E-state index >= 15 is 0 Å². The zero-order chi connectivity index (χ0) is 14.7. The van der Waals surface area contributed by atoms with Gasteiger partial charge in [0.25, 0.3) is 0 Å². The maximum absolute atomic E-state index is 9.71. The molecule has 0 aliphatic heterocycles. The molecule has 0 saturated carbocycles. The van der Waals surface area contributed by atoms with Crippen LogP contribution in [0.2, 0.25) is 5.02 Å². The van der Waals surface area contributed by atoms with Gasteiger partial charge in [-0.2, -0.15) is 5.10 Å². The van der Waals surface area contributed by atoms with E-state index in [1.165, 1.54) is 0 Å². The number of hydrogen-bond acceptors (Lipinski definition) is 3. The van der Waals surface area contributed by atoms with Gasteiger partial charge in [-0.1, -0.05) is 17.7 Å². The van der Waals surface area contributed by atoms with Gasteiger partial charge in [0.1, 0.15) is 5.75 Å². The monoisotopic (exact) mass is 294 g/mol. The van der Waals surface area contributed by atoms with Gasteiger partial charge in [-0.25, -0.2) is 0 Å². The van der Waals surface area contributed by atoms with E-state index in [0.29, 0.717) is 18.2 Å². The van der Waals surface area contributed by atoms with Gasteiger partial charge in [-0.15, -0.1) is 0 Å². The summed E-state index contributed by atoms with van der Waals surface area (Å²) >= 11 is 6.02. The second-order valence-electron chi connectivity index (χ2n) is 4.71. The Hall–Kier alpha value is -1.52. The molecule has 2 aromatic rings. The molecule has 5 heteroatoms. The second kappa shape index (κ2) is 6.29. The molecule has 1 heterocycles. The first-order valence-corrected chi connectivity index (χ1v) is 7.02. The van der Waals surface area contributed by atoms with Crippen LogP contribution in [0, 0.1) is 6.92 Å². The summed E-state index contributed by atoms with van der Waals surface area (Å²) in [6.07, 6.45) is 1.13. The van der Waals surface area contributed by atoms with Crippen molar-refractivity contribution in [3.63, 3.8) is 0 Å². The lowest BCUT2D eigenvalue weighted by atomic mass is 10.1. The van der Waals surface area contributed by atoms with Crippen LogP contribution in [0.25, 0.3) is 0 Å². The van der Waals surface area contributed by atoms with Gasteiger partial charge in [0.05, 0.1) is 36.2 Å². The average Bonchev–Trinajstić information content (AvgIpc) is 2.73. The molecule has 0 spiro atoms. The highest BCUT2D eigenvalue weighted by atomic mass is 35.5. The van der Waals surface area contributed by atoms with Crippen molar-refractivity contribution in [1.82, 2.24) is 9.78 Å². The second-order valence-corrected chi connectivity index (χ2v) is 5.12. The van der Waals surface area contributed by atoms with Gasteiger partial charge in [0.15, 0.2) is 0 Å². The fraction of sp³-hybridized carbons (Fsp3) is 0.400. The van der Waals surface area contributed by atoms with E-state index < -0.39 is 6.10 Å². The zero-order valence-corrected chi connectivity index (χ0v) is 12.7. The van der Waals surface area contributed by atoms with Gasteiger partial charge in [-0.05, 0) is 38.5 Å². The third-order valence-corrected chi connectivity index (χ3v) is 3.60. The van der Waals surface area contributed by atoms with Gasteiger partial charge < -0.3 is 9.84 Å². The SMILES string of the molecule is CCOc1ccc(C(C)O)cc1Cn1ncc(Cl)c1C. The maximum Gasteiger partial charge on any atom is 0.124 e. The van der Waals surface area contributed by atoms with E-state index in [4.69, 9.17) is 16.3 Å². The van der Waals surface area contributed by atoms with Crippen molar-refractivity contribution in [3.05, 3.63) is 46.2 Å². The standard InChI is InChI=1S/C15H19ClN2O2/c1-4-20-15-6-5-12(11(3)19)7-13(15)9-18-10(2)14(16)8-17-18/h5-8,11,19H,4,9H2,1-3H3. The van der Waals surface area contributed by atoms with Crippen LogP contribution in [0.5, 0.6) is 5.75 Å². The van der Waals surface area contributed by atoms with E-state index in [0.717, 1.165) is 22.6 Å². The molecule has 0 amide bonds. The Kier molecular flexibility index (Phi) is 4.68. The van der Waals surface area contributed by atoms with Crippen molar-refractivity contribution in [2.75, 3.05) is 6.61 Å². The van der Waals surface area contributed by atoms with Crippen molar-refractivity contribution in [2.45, 2.75) is 33.4 Å². The average molecular weight is 295 g/mol. The fourth-order valence-electron chi connectivity index (χ4n) is 2.02. The van der Waals surface area contributed by atoms with Crippen LogP contribution in [-0.2, 0) is 6.54 Å². The third kappa shape index (κ3) is 3.14. The van der Waals surface area contributed by atoms with Crippen LogP contribution in [0.1, 0.15) is 36.8 Å². The minimum atomic E-state index is -0.508. The molecular weight excluding hydrogens is 276 g/mol. The number of aromatic nitrogens is 2. The first kappa shape index (κ1) is 14.9. The van der Waals surface area contributed by atoms with Gasteiger partial charge in [0.2, 0.25) is 0 Å². The van der Waals surface area contributed by atoms with Crippen molar-refractivity contribution in [1.29, 1.82) is 0 Å². The highest BCUT2D eigenvalue weighted by Crippen LogP contribution is 2.25. The number of nitrogens with zero attached hydrogens (tertiary/aromatic N) is 2. The summed E-state index contributed by atoms with van der Waals surface area (Å²) in [6.45, 7) is 6.78. The molecule has 20 heavy (non-hydrogen) atoms. The molecule has 0 saturated heterocycles. The minimum Gasteiger partial charge on any atom is -0.494 e. The molecule has 0 bridgehead atoms. The Morgan fingerprint density at radius 1 is 1.45 bits per heavy atom. The topological polar surface area (TPSA) is 47.3 Å². The smallest absolute Gasteiger partial charge is 0.124 e. The van der Waals surface area contributed by atoms with Crippen molar-refractivity contribution in [3.8, 4) is 5.75 Å². The van der Waals surface area contributed by atoms with Gasteiger partial charge in [-0.3, -0.25) is 4.68 Å². The number of rotatable bonds is 5. The Labute approximate surface area is 123 Å². The normalized spacial score (nSPS) is 12.4. The Morgan fingerprint density at radius 3 is 2.75 bits per heavy atom. The molecule has 1 N–H and O–H groups in total. The fourth-order valence-corrected chi connectivity index (χ4v) is 2.16. The number of aliphatic hydroxyl groups excluding tert-OH is 1. The van der Waals surface area contributed by atoms with E-state index in [2.05, 4.69) is 5.10 Å². The van der Waals surface area contributed by atoms with E-state index in [1.807, 2.05) is 36.7 Å².